The van der Waals surface area contributed by atoms with Gasteiger partial charge in [0.25, 0.3) is 10.0 Å². The van der Waals surface area contributed by atoms with Gasteiger partial charge in [-0.25, -0.2) is 8.42 Å². The van der Waals surface area contributed by atoms with E-state index in [1.807, 2.05) is 13.0 Å². The van der Waals surface area contributed by atoms with E-state index in [0.29, 0.717) is 10.3 Å². The molecule has 0 spiro atoms. The van der Waals surface area contributed by atoms with Gasteiger partial charge in [-0.15, -0.1) is 11.3 Å². The summed E-state index contributed by atoms with van der Waals surface area (Å²) in [7, 11) is -1.58. The summed E-state index contributed by atoms with van der Waals surface area (Å²) in [4.78, 5) is 1.15. The molecule has 6 heteroatoms. The number of rotatable bonds is 6. The summed E-state index contributed by atoms with van der Waals surface area (Å²) in [5.74, 6) is 0. The minimum absolute atomic E-state index is 0.204. The molecule has 4 nitrogen and oxygen atoms in total. The molecule has 2 fully saturated rings. The van der Waals surface area contributed by atoms with Gasteiger partial charge in [-0.2, -0.15) is 4.31 Å². The van der Waals surface area contributed by atoms with Crippen LogP contribution in [-0.4, -0.2) is 31.9 Å². The van der Waals surface area contributed by atoms with Gasteiger partial charge in [-0.1, -0.05) is 6.42 Å². The van der Waals surface area contributed by atoms with E-state index in [-0.39, 0.29) is 6.04 Å². The molecule has 1 aromatic rings. The summed E-state index contributed by atoms with van der Waals surface area (Å²) in [6.07, 6.45) is 5.64. The number of thiophene rings is 1. The third-order valence-corrected chi connectivity index (χ3v) is 7.95. The van der Waals surface area contributed by atoms with E-state index in [4.69, 9.17) is 0 Å². The van der Waals surface area contributed by atoms with Crippen LogP contribution in [0.5, 0.6) is 0 Å². The standard InChI is InChI=1S/C14H22N2O2S2/c1-10-8-14(19-13(10)9-15-11-6-7-11)20(17,18)16(2)12-4-3-5-12/h8,11-12,15H,3-7,9H2,1-2H3. The van der Waals surface area contributed by atoms with Gasteiger partial charge in [0, 0.05) is 30.6 Å². The van der Waals surface area contributed by atoms with Crippen molar-refractivity contribution in [3.63, 3.8) is 0 Å². The Kier molecular flexibility index (Phi) is 3.92. The van der Waals surface area contributed by atoms with Crippen molar-refractivity contribution in [1.29, 1.82) is 0 Å². The molecule has 112 valence electrons. The van der Waals surface area contributed by atoms with Crippen LogP contribution < -0.4 is 5.32 Å². The van der Waals surface area contributed by atoms with Gasteiger partial charge in [-0.05, 0) is 44.2 Å². The molecule has 0 bridgehead atoms. The average Bonchev–Trinajstić information content (AvgIpc) is 3.08. The van der Waals surface area contributed by atoms with Gasteiger partial charge in [0.2, 0.25) is 0 Å². The van der Waals surface area contributed by atoms with Crippen molar-refractivity contribution in [2.75, 3.05) is 7.05 Å². The number of hydrogen-bond acceptors (Lipinski definition) is 4. The van der Waals surface area contributed by atoms with Gasteiger partial charge in [-0.3, -0.25) is 0 Å². The summed E-state index contributed by atoms with van der Waals surface area (Å²) in [6, 6.07) is 2.68. The molecule has 1 aromatic heterocycles. The van der Waals surface area contributed by atoms with E-state index in [9.17, 15) is 8.42 Å². The van der Waals surface area contributed by atoms with E-state index in [1.54, 1.807) is 11.4 Å². The maximum Gasteiger partial charge on any atom is 0.252 e. The quantitative estimate of drug-likeness (QED) is 0.877. The van der Waals surface area contributed by atoms with E-state index >= 15 is 0 Å². The zero-order chi connectivity index (χ0) is 14.3. The fourth-order valence-corrected chi connectivity index (χ4v) is 5.55. The zero-order valence-corrected chi connectivity index (χ0v) is 13.7. The van der Waals surface area contributed by atoms with Crippen LogP contribution in [0, 0.1) is 6.92 Å². The SMILES string of the molecule is Cc1cc(S(=O)(=O)N(C)C2CCC2)sc1CNC1CC1. The minimum atomic E-state index is -3.30. The van der Waals surface area contributed by atoms with Crippen LogP contribution in [0.1, 0.15) is 42.5 Å². The molecular weight excluding hydrogens is 292 g/mol. The second-order valence-electron chi connectivity index (χ2n) is 5.93. The van der Waals surface area contributed by atoms with E-state index in [2.05, 4.69) is 5.32 Å². The molecule has 0 unspecified atom stereocenters. The molecule has 2 aliphatic carbocycles. The number of aryl methyl sites for hydroxylation is 1. The highest BCUT2D eigenvalue weighted by molar-refractivity contribution is 7.91. The van der Waals surface area contributed by atoms with Crippen LogP contribution in [0.25, 0.3) is 0 Å². The predicted octanol–water partition coefficient (Wildman–Crippen LogP) is 2.48. The molecule has 0 aliphatic heterocycles. The fourth-order valence-electron chi connectivity index (χ4n) is 2.40. The Labute approximate surface area is 125 Å². The fraction of sp³-hybridized carbons (Fsp3) is 0.714. The monoisotopic (exact) mass is 314 g/mol. The second kappa shape index (κ2) is 5.40. The van der Waals surface area contributed by atoms with Crippen molar-refractivity contribution in [2.24, 2.45) is 0 Å². The topological polar surface area (TPSA) is 49.4 Å². The van der Waals surface area contributed by atoms with Crippen LogP contribution in [-0.2, 0) is 16.6 Å². The van der Waals surface area contributed by atoms with Gasteiger partial charge in [0.1, 0.15) is 4.21 Å². The van der Waals surface area contributed by atoms with Gasteiger partial charge >= 0.3 is 0 Å². The lowest BCUT2D eigenvalue weighted by atomic mass is 9.94. The van der Waals surface area contributed by atoms with E-state index < -0.39 is 10.0 Å². The van der Waals surface area contributed by atoms with Crippen LogP contribution in [0.4, 0.5) is 0 Å². The molecule has 3 rings (SSSR count). The smallest absolute Gasteiger partial charge is 0.252 e. The van der Waals surface area contributed by atoms with Crippen LogP contribution in [0.15, 0.2) is 10.3 Å². The van der Waals surface area contributed by atoms with Crippen molar-refractivity contribution in [1.82, 2.24) is 9.62 Å². The van der Waals surface area contributed by atoms with E-state index in [1.165, 1.54) is 24.2 Å². The summed E-state index contributed by atoms with van der Waals surface area (Å²) >= 11 is 1.42. The average molecular weight is 314 g/mol. The first kappa shape index (κ1) is 14.5. The molecule has 1 heterocycles. The lowest BCUT2D eigenvalue weighted by molar-refractivity contribution is 0.250. The highest BCUT2D eigenvalue weighted by Crippen LogP contribution is 2.33. The normalized spacial score (nSPS) is 20.4. The van der Waals surface area contributed by atoms with Crippen molar-refractivity contribution in [2.45, 2.75) is 61.9 Å². The Morgan fingerprint density at radius 3 is 2.60 bits per heavy atom. The molecule has 0 aromatic carbocycles. The van der Waals surface area contributed by atoms with Gasteiger partial charge in [0.15, 0.2) is 0 Å². The third-order valence-electron chi connectivity index (χ3n) is 4.35. The molecule has 0 radical (unpaired) electrons. The predicted molar refractivity (Wildman–Crippen MR) is 81.5 cm³/mol. The number of nitrogens with zero attached hydrogens (tertiary/aromatic N) is 1. The molecule has 0 atom stereocenters. The molecule has 2 aliphatic rings. The lowest BCUT2D eigenvalue weighted by Gasteiger charge is -2.33. The minimum Gasteiger partial charge on any atom is -0.309 e. The Hall–Kier alpha value is -0.430. The summed E-state index contributed by atoms with van der Waals surface area (Å²) in [5.41, 5.74) is 1.09. The first-order chi connectivity index (χ1) is 9.48. The summed E-state index contributed by atoms with van der Waals surface area (Å²) in [6.45, 7) is 2.80. The maximum atomic E-state index is 12.6. The molecule has 0 amide bonds. The zero-order valence-electron chi connectivity index (χ0n) is 12.1. The van der Waals surface area contributed by atoms with Crippen molar-refractivity contribution >= 4 is 21.4 Å². The third kappa shape index (κ3) is 2.79. The molecule has 1 N–H and O–H groups in total. The first-order valence-electron chi connectivity index (χ1n) is 7.29. The lowest BCUT2D eigenvalue weighted by Crippen LogP contribution is -2.40. The Morgan fingerprint density at radius 1 is 1.35 bits per heavy atom. The largest absolute Gasteiger partial charge is 0.309 e. The number of nitrogens with one attached hydrogen (secondary N) is 1. The Morgan fingerprint density at radius 2 is 2.05 bits per heavy atom. The summed E-state index contributed by atoms with van der Waals surface area (Å²) in [5, 5.41) is 3.45. The van der Waals surface area contributed by atoms with Crippen LogP contribution in [0.2, 0.25) is 0 Å². The van der Waals surface area contributed by atoms with E-state index in [0.717, 1.165) is 36.2 Å². The molecule has 20 heavy (non-hydrogen) atoms. The molecule has 0 saturated heterocycles. The van der Waals surface area contributed by atoms with Gasteiger partial charge < -0.3 is 5.32 Å². The molecular formula is C14H22N2O2S2. The number of sulfonamides is 1. The highest BCUT2D eigenvalue weighted by atomic mass is 32.2. The highest BCUT2D eigenvalue weighted by Gasteiger charge is 2.33. The molecule has 2 saturated carbocycles. The van der Waals surface area contributed by atoms with Crippen LogP contribution >= 0.6 is 11.3 Å². The van der Waals surface area contributed by atoms with Gasteiger partial charge in [0.05, 0.1) is 0 Å². The van der Waals surface area contributed by atoms with Crippen LogP contribution in [0.3, 0.4) is 0 Å². The maximum absolute atomic E-state index is 12.6. The second-order valence-corrected chi connectivity index (χ2v) is 9.29. The Bertz CT molecular complexity index is 586. The Balaban J connectivity index is 1.76. The summed E-state index contributed by atoms with van der Waals surface area (Å²) < 4.78 is 27.3. The van der Waals surface area contributed by atoms with Crippen molar-refractivity contribution in [3.05, 3.63) is 16.5 Å². The number of hydrogen-bond donors (Lipinski definition) is 1. The first-order valence-corrected chi connectivity index (χ1v) is 9.55. The van der Waals surface area contributed by atoms with Crippen molar-refractivity contribution in [3.8, 4) is 0 Å². The van der Waals surface area contributed by atoms with Crippen molar-refractivity contribution < 1.29 is 8.42 Å².